The summed E-state index contributed by atoms with van der Waals surface area (Å²) in [5, 5.41) is 0.0513. The molecular formula is C17H16ClFO2. The highest BCUT2D eigenvalue weighted by Gasteiger charge is 2.07. The maximum Gasteiger partial charge on any atom is 0.141 e. The number of rotatable bonds is 6. The molecule has 2 aromatic rings. The predicted octanol–water partition coefficient (Wildman–Crippen LogP) is 4.23. The molecular weight excluding hydrogens is 291 g/mol. The number of hydrogen-bond acceptors (Lipinski definition) is 2. The molecule has 2 rings (SSSR count). The van der Waals surface area contributed by atoms with Gasteiger partial charge in [0.2, 0.25) is 0 Å². The van der Waals surface area contributed by atoms with Gasteiger partial charge in [-0.25, -0.2) is 4.39 Å². The van der Waals surface area contributed by atoms with Crippen LogP contribution in [0.4, 0.5) is 4.39 Å². The van der Waals surface area contributed by atoms with Gasteiger partial charge in [0.1, 0.15) is 17.3 Å². The lowest BCUT2D eigenvalue weighted by molar-refractivity contribution is -0.118. The van der Waals surface area contributed by atoms with Crippen LogP contribution in [0.15, 0.2) is 42.5 Å². The Kier molecular flexibility index (Phi) is 5.34. The number of carbonyl (C=O) groups excluding carboxylic acids is 1. The number of carbonyl (C=O) groups is 1. The molecule has 0 aliphatic rings. The Hall–Kier alpha value is -1.87. The predicted molar refractivity (Wildman–Crippen MR) is 81.4 cm³/mol. The molecule has 0 aliphatic carbocycles. The van der Waals surface area contributed by atoms with Crippen LogP contribution < -0.4 is 4.74 Å². The van der Waals surface area contributed by atoms with Gasteiger partial charge in [0.05, 0.1) is 12.1 Å². The number of ketones is 1. The van der Waals surface area contributed by atoms with Gasteiger partial charge in [0, 0.05) is 12.8 Å². The molecule has 0 spiro atoms. The first-order valence-corrected chi connectivity index (χ1v) is 7.05. The van der Waals surface area contributed by atoms with E-state index in [0.29, 0.717) is 12.8 Å². The van der Waals surface area contributed by atoms with Gasteiger partial charge >= 0.3 is 0 Å². The van der Waals surface area contributed by atoms with Crippen LogP contribution in [0.1, 0.15) is 17.5 Å². The highest BCUT2D eigenvalue weighted by atomic mass is 35.5. The fourth-order valence-electron chi connectivity index (χ4n) is 2.04. The molecule has 0 bridgehead atoms. The third kappa shape index (κ3) is 4.57. The molecule has 0 fully saturated rings. The van der Waals surface area contributed by atoms with Gasteiger partial charge in [-0.1, -0.05) is 29.8 Å². The van der Waals surface area contributed by atoms with Crippen LogP contribution in [-0.4, -0.2) is 12.9 Å². The van der Waals surface area contributed by atoms with Gasteiger partial charge in [0.15, 0.2) is 0 Å². The lowest BCUT2D eigenvalue weighted by Crippen LogP contribution is -2.04. The number of Topliss-reactive ketones (excluding diaryl/α,β-unsaturated/α-hetero) is 1. The Labute approximate surface area is 128 Å². The van der Waals surface area contributed by atoms with Crippen LogP contribution in [0.2, 0.25) is 5.02 Å². The normalized spacial score (nSPS) is 10.4. The SMILES string of the molecule is COc1ccc(CCC(=O)Cc2ccc(F)c(Cl)c2)cc1. The topological polar surface area (TPSA) is 26.3 Å². The lowest BCUT2D eigenvalue weighted by Gasteiger charge is -2.04. The smallest absolute Gasteiger partial charge is 0.141 e. The average Bonchev–Trinajstić information content (AvgIpc) is 2.49. The fourth-order valence-corrected chi connectivity index (χ4v) is 2.24. The summed E-state index contributed by atoms with van der Waals surface area (Å²) in [7, 11) is 1.62. The minimum Gasteiger partial charge on any atom is -0.497 e. The zero-order valence-corrected chi connectivity index (χ0v) is 12.5. The highest BCUT2D eigenvalue weighted by Crippen LogP contribution is 2.17. The fraction of sp³-hybridized carbons (Fsp3) is 0.235. The van der Waals surface area contributed by atoms with Crippen LogP contribution in [0, 0.1) is 5.82 Å². The van der Waals surface area contributed by atoms with Crippen LogP contribution in [0.3, 0.4) is 0 Å². The molecule has 0 heterocycles. The molecule has 0 atom stereocenters. The summed E-state index contributed by atoms with van der Waals surface area (Å²) in [6, 6.07) is 12.0. The van der Waals surface area contributed by atoms with E-state index in [1.807, 2.05) is 24.3 Å². The van der Waals surface area contributed by atoms with Crippen molar-refractivity contribution in [2.75, 3.05) is 7.11 Å². The molecule has 2 aromatic carbocycles. The first kappa shape index (κ1) is 15.5. The van der Waals surface area contributed by atoms with Crippen molar-refractivity contribution in [2.45, 2.75) is 19.3 Å². The Morgan fingerprint density at radius 2 is 1.81 bits per heavy atom. The Balaban J connectivity index is 1.87. The summed E-state index contributed by atoms with van der Waals surface area (Å²) in [6.07, 6.45) is 1.40. The van der Waals surface area contributed by atoms with Gasteiger partial charge in [-0.2, -0.15) is 0 Å². The quantitative estimate of drug-likeness (QED) is 0.798. The second-order valence-corrected chi connectivity index (χ2v) is 5.22. The minimum absolute atomic E-state index is 0.0513. The first-order valence-electron chi connectivity index (χ1n) is 6.67. The average molecular weight is 307 g/mol. The van der Waals surface area contributed by atoms with Gasteiger partial charge in [0.25, 0.3) is 0 Å². The summed E-state index contributed by atoms with van der Waals surface area (Å²) in [5.74, 6) is 0.436. The number of aryl methyl sites for hydroxylation is 1. The van der Waals surface area contributed by atoms with Crippen molar-refractivity contribution in [2.24, 2.45) is 0 Å². The van der Waals surface area contributed by atoms with Gasteiger partial charge in [-0.15, -0.1) is 0 Å². The van der Waals surface area contributed by atoms with Crippen molar-refractivity contribution in [3.8, 4) is 5.75 Å². The summed E-state index contributed by atoms with van der Waals surface area (Å²) >= 11 is 5.70. The largest absolute Gasteiger partial charge is 0.497 e. The number of halogens is 2. The molecule has 0 unspecified atom stereocenters. The van der Waals surface area contributed by atoms with E-state index in [4.69, 9.17) is 16.3 Å². The molecule has 110 valence electrons. The first-order chi connectivity index (χ1) is 10.1. The molecule has 0 aromatic heterocycles. The molecule has 0 aliphatic heterocycles. The summed E-state index contributed by atoms with van der Waals surface area (Å²) in [5.41, 5.74) is 1.82. The molecule has 2 nitrogen and oxygen atoms in total. The second kappa shape index (κ2) is 7.23. The van der Waals surface area contributed by atoms with E-state index < -0.39 is 5.82 Å². The van der Waals surface area contributed by atoms with Crippen molar-refractivity contribution in [3.05, 3.63) is 64.4 Å². The number of benzene rings is 2. The Bertz CT molecular complexity index is 623. The number of hydrogen-bond donors (Lipinski definition) is 0. The molecule has 0 radical (unpaired) electrons. The number of ether oxygens (including phenoxy) is 1. The van der Waals surface area contributed by atoms with Gasteiger partial charge in [-0.05, 0) is 41.8 Å². The van der Waals surface area contributed by atoms with Crippen molar-refractivity contribution in [1.29, 1.82) is 0 Å². The summed E-state index contributed by atoms with van der Waals surface area (Å²) < 4.78 is 18.1. The standard InChI is InChI=1S/C17H16ClFO2/c1-21-15-7-3-12(4-8-15)2-6-14(20)10-13-5-9-17(19)16(18)11-13/h3-5,7-9,11H,2,6,10H2,1H3. The van der Waals surface area contributed by atoms with Crippen molar-refractivity contribution in [3.63, 3.8) is 0 Å². The third-order valence-electron chi connectivity index (χ3n) is 3.24. The van der Waals surface area contributed by atoms with E-state index >= 15 is 0 Å². The van der Waals surface area contributed by atoms with Crippen LogP contribution in [0.5, 0.6) is 5.75 Å². The Morgan fingerprint density at radius 1 is 1.14 bits per heavy atom. The molecule has 0 amide bonds. The lowest BCUT2D eigenvalue weighted by atomic mass is 10.0. The third-order valence-corrected chi connectivity index (χ3v) is 3.53. The number of methoxy groups -OCH3 is 1. The van der Waals surface area contributed by atoms with E-state index in [1.54, 1.807) is 13.2 Å². The monoisotopic (exact) mass is 306 g/mol. The molecule has 0 N–H and O–H groups in total. The molecule has 0 saturated carbocycles. The van der Waals surface area contributed by atoms with E-state index in [9.17, 15) is 9.18 Å². The van der Waals surface area contributed by atoms with Crippen molar-refractivity contribution < 1.29 is 13.9 Å². The van der Waals surface area contributed by atoms with Crippen LogP contribution in [0.25, 0.3) is 0 Å². The van der Waals surface area contributed by atoms with E-state index in [1.165, 1.54) is 12.1 Å². The summed E-state index contributed by atoms with van der Waals surface area (Å²) in [4.78, 5) is 11.9. The maximum absolute atomic E-state index is 13.0. The maximum atomic E-state index is 13.0. The molecule has 0 saturated heterocycles. The van der Waals surface area contributed by atoms with E-state index in [0.717, 1.165) is 16.9 Å². The van der Waals surface area contributed by atoms with Crippen molar-refractivity contribution >= 4 is 17.4 Å². The second-order valence-electron chi connectivity index (χ2n) is 4.81. The minimum atomic E-state index is -0.467. The van der Waals surface area contributed by atoms with E-state index in [-0.39, 0.29) is 17.2 Å². The summed E-state index contributed by atoms with van der Waals surface area (Å²) in [6.45, 7) is 0. The molecule has 4 heteroatoms. The van der Waals surface area contributed by atoms with E-state index in [2.05, 4.69) is 0 Å². The zero-order valence-electron chi connectivity index (χ0n) is 11.7. The zero-order chi connectivity index (χ0) is 15.2. The van der Waals surface area contributed by atoms with Crippen molar-refractivity contribution in [1.82, 2.24) is 0 Å². The van der Waals surface area contributed by atoms with Crippen LogP contribution in [-0.2, 0) is 17.6 Å². The highest BCUT2D eigenvalue weighted by molar-refractivity contribution is 6.30. The van der Waals surface area contributed by atoms with Crippen LogP contribution >= 0.6 is 11.6 Å². The Morgan fingerprint density at radius 3 is 2.43 bits per heavy atom. The van der Waals surface area contributed by atoms with Gasteiger partial charge < -0.3 is 4.74 Å². The molecule has 21 heavy (non-hydrogen) atoms. The van der Waals surface area contributed by atoms with Gasteiger partial charge in [-0.3, -0.25) is 4.79 Å².